The highest BCUT2D eigenvalue weighted by Gasteiger charge is 2.42. The second-order valence-electron chi connectivity index (χ2n) is 8.63. The third-order valence-corrected chi connectivity index (χ3v) is 7.50. The quantitative estimate of drug-likeness (QED) is 0.267. The number of benzene rings is 1. The molecule has 0 N–H and O–H groups in total. The fourth-order valence-corrected chi connectivity index (χ4v) is 6.05. The largest absolute Gasteiger partial charge is 0.462 e. The van der Waals surface area contributed by atoms with Crippen LogP contribution in [0.1, 0.15) is 63.9 Å². The standard InChI is InChI=1S/C24H36O3P2/c1-18-17-23-22(11-7-2-3-8-12-24(25)26-23)21(18)16-15-20(27-29-28)14-13-19-9-5-4-6-10-19/h2,4-7,9-10,18,20-23,29H,3,8,11-17,28H2,1H3/b7-2-/t18-,20+,21+,22-,23+/m1/s1. The predicted octanol–water partition coefficient (Wildman–Crippen LogP) is 6.48. The van der Waals surface area contributed by atoms with Gasteiger partial charge in [-0.25, -0.2) is 0 Å². The maximum atomic E-state index is 12.2. The van der Waals surface area contributed by atoms with Gasteiger partial charge in [0.2, 0.25) is 0 Å². The van der Waals surface area contributed by atoms with Crippen molar-refractivity contribution in [2.24, 2.45) is 17.8 Å². The van der Waals surface area contributed by atoms with Gasteiger partial charge in [-0.1, -0.05) is 58.3 Å². The monoisotopic (exact) mass is 434 g/mol. The van der Waals surface area contributed by atoms with Gasteiger partial charge in [0, 0.05) is 20.8 Å². The molecule has 5 heteroatoms. The van der Waals surface area contributed by atoms with Gasteiger partial charge in [0.1, 0.15) is 6.10 Å². The van der Waals surface area contributed by atoms with Gasteiger partial charge < -0.3 is 9.26 Å². The fourth-order valence-electron chi connectivity index (χ4n) is 5.05. The van der Waals surface area contributed by atoms with Crippen LogP contribution in [0.15, 0.2) is 42.5 Å². The molecule has 3 nitrogen and oxygen atoms in total. The third-order valence-electron chi connectivity index (χ3n) is 6.63. The Hall–Kier alpha value is -0.750. The lowest BCUT2D eigenvalue weighted by molar-refractivity contribution is -0.151. The highest BCUT2D eigenvalue weighted by Crippen LogP contribution is 2.44. The molecule has 7 atom stereocenters. The van der Waals surface area contributed by atoms with Crippen LogP contribution in [-0.4, -0.2) is 18.2 Å². The second-order valence-corrected chi connectivity index (χ2v) is 9.81. The maximum absolute atomic E-state index is 12.2. The Morgan fingerprint density at radius 3 is 2.86 bits per heavy atom. The van der Waals surface area contributed by atoms with Crippen molar-refractivity contribution in [2.75, 3.05) is 0 Å². The Bertz CT molecular complexity index is 649. The minimum Gasteiger partial charge on any atom is -0.462 e. The number of carbonyl (C=O) groups excluding carboxylic acids is 1. The van der Waals surface area contributed by atoms with Gasteiger partial charge in [0.15, 0.2) is 0 Å². The molecule has 0 radical (unpaired) electrons. The Balaban J connectivity index is 1.58. The first-order valence-corrected chi connectivity index (χ1v) is 13.9. The van der Waals surface area contributed by atoms with Crippen LogP contribution in [0.5, 0.6) is 0 Å². The zero-order chi connectivity index (χ0) is 20.5. The first-order chi connectivity index (χ1) is 14.2. The molecule has 29 heavy (non-hydrogen) atoms. The molecule has 1 aromatic rings. The molecule has 160 valence electrons. The van der Waals surface area contributed by atoms with Crippen molar-refractivity contribution in [3.63, 3.8) is 0 Å². The van der Waals surface area contributed by atoms with E-state index in [0.717, 1.165) is 51.4 Å². The average Bonchev–Trinajstić information content (AvgIpc) is 3.01. The van der Waals surface area contributed by atoms with Gasteiger partial charge in [0.05, 0.1) is 6.10 Å². The normalized spacial score (nSPS) is 30.1. The van der Waals surface area contributed by atoms with E-state index in [-0.39, 0.29) is 12.1 Å². The lowest BCUT2D eigenvalue weighted by Gasteiger charge is -2.27. The average molecular weight is 434 g/mol. The summed E-state index contributed by atoms with van der Waals surface area (Å²) in [6.07, 6.45) is 13.8. The van der Waals surface area contributed by atoms with Crippen LogP contribution in [0.2, 0.25) is 0 Å². The molecule has 1 aliphatic carbocycles. The van der Waals surface area contributed by atoms with Crippen LogP contribution in [0, 0.1) is 17.8 Å². The zero-order valence-electron chi connectivity index (χ0n) is 17.6. The highest BCUT2D eigenvalue weighted by atomic mass is 32.0. The molecular weight excluding hydrogens is 398 g/mol. The number of allylic oxidation sites excluding steroid dienone is 2. The van der Waals surface area contributed by atoms with Crippen molar-refractivity contribution in [1.29, 1.82) is 0 Å². The van der Waals surface area contributed by atoms with Gasteiger partial charge in [-0.15, -0.1) is 0 Å². The van der Waals surface area contributed by atoms with E-state index in [9.17, 15) is 4.79 Å². The maximum Gasteiger partial charge on any atom is 0.306 e. The Labute approximate surface area is 180 Å². The summed E-state index contributed by atoms with van der Waals surface area (Å²) in [7, 11) is 3.17. The number of hydrogen-bond donors (Lipinski definition) is 0. The first-order valence-electron chi connectivity index (χ1n) is 11.2. The Kier molecular flexibility index (Phi) is 9.63. The Morgan fingerprint density at radius 2 is 2.07 bits per heavy atom. The smallest absolute Gasteiger partial charge is 0.306 e. The minimum absolute atomic E-state index is 0.00331. The summed E-state index contributed by atoms with van der Waals surface area (Å²) in [5.74, 6) is 1.65. The van der Waals surface area contributed by atoms with Crippen LogP contribution in [0.4, 0.5) is 0 Å². The van der Waals surface area contributed by atoms with Gasteiger partial charge >= 0.3 is 5.97 Å². The van der Waals surface area contributed by atoms with E-state index in [1.54, 1.807) is 0 Å². The molecule has 1 fully saturated rings. The van der Waals surface area contributed by atoms with E-state index in [0.29, 0.717) is 38.8 Å². The summed E-state index contributed by atoms with van der Waals surface area (Å²) >= 11 is 0. The molecule has 0 bridgehead atoms. The molecule has 3 rings (SSSR count). The van der Waals surface area contributed by atoms with E-state index in [1.807, 2.05) is 0 Å². The van der Waals surface area contributed by atoms with Gasteiger partial charge in [0.25, 0.3) is 0 Å². The third kappa shape index (κ3) is 7.16. The molecule has 0 saturated heterocycles. The molecule has 1 heterocycles. The number of ether oxygens (including phenoxy) is 1. The van der Waals surface area contributed by atoms with E-state index in [1.165, 1.54) is 5.56 Å². The number of carbonyl (C=O) groups is 1. The minimum atomic E-state index is -0.00331. The summed E-state index contributed by atoms with van der Waals surface area (Å²) in [6, 6.07) is 10.7. The molecule has 0 spiro atoms. The molecule has 0 amide bonds. The van der Waals surface area contributed by atoms with Crippen LogP contribution in [0.25, 0.3) is 0 Å². The molecule has 2 aliphatic rings. The number of fused-ring (bicyclic) bond motifs is 1. The summed E-state index contributed by atoms with van der Waals surface area (Å²) in [4.78, 5) is 12.2. The fraction of sp³-hybridized carbons (Fsp3) is 0.625. The molecule has 1 saturated carbocycles. The van der Waals surface area contributed by atoms with Crippen molar-refractivity contribution >= 4 is 23.4 Å². The lowest BCUT2D eigenvalue weighted by Crippen LogP contribution is -2.26. The van der Waals surface area contributed by atoms with E-state index >= 15 is 0 Å². The van der Waals surface area contributed by atoms with Gasteiger partial charge in [-0.2, -0.15) is 0 Å². The summed E-state index contributed by atoms with van der Waals surface area (Å²) in [6.45, 7) is 2.34. The van der Waals surface area contributed by atoms with E-state index < -0.39 is 0 Å². The van der Waals surface area contributed by atoms with Crippen LogP contribution in [0.3, 0.4) is 0 Å². The van der Waals surface area contributed by atoms with Crippen molar-refractivity contribution in [1.82, 2.24) is 0 Å². The van der Waals surface area contributed by atoms with Crippen LogP contribution in [-0.2, 0) is 20.5 Å². The number of esters is 1. The molecule has 1 aliphatic heterocycles. The highest BCUT2D eigenvalue weighted by molar-refractivity contribution is 8.00. The summed E-state index contributed by atoms with van der Waals surface area (Å²) in [5.41, 5.74) is 1.38. The number of aryl methyl sites for hydroxylation is 1. The summed E-state index contributed by atoms with van der Waals surface area (Å²) in [5, 5.41) is 0. The van der Waals surface area contributed by atoms with Crippen molar-refractivity contribution in [2.45, 2.75) is 76.9 Å². The van der Waals surface area contributed by atoms with E-state index in [2.05, 4.69) is 58.3 Å². The van der Waals surface area contributed by atoms with Crippen molar-refractivity contribution < 1.29 is 14.1 Å². The number of hydrogen-bond acceptors (Lipinski definition) is 3. The SMILES string of the molecule is C[C@@H]1C[C@@H]2OC(=O)CCC/C=C\C[C@@H]2[C@H]1CC[C@H](CCc1ccccc1)OPP. The van der Waals surface area contributed by atoms with Gasteiger partial charge in [-0.3, -0.25) is 4.79 Å². The molecule has 1 aromatic carbocycles. The topological polar surface area (TPSA) is 35.5 Å². The number of rotatable bonds is 8. The van der Waals surface area contributed by atoms with Crippen LogP contribution >= 0.6 is 17.4 Å². The molecule has 2 unspecified atom stereocenters. The zero-order valence-corrected chi connectivity index (χ0v) is 19.7. The molecule has 0 aromatic heterocycles. The van der Waals surface area contributed by atoms with Gasteiger partial charge in [-0.05, 0) is 68.8 Å². The molecular formula is C24H36O3P2. The first kappa shape index (κ1) is 22.9. The summed E-state index contributed by atoms with van der Waals surface area (Å²) < 4.78 is 12.0. The second kappa shape index (κ2) is 12.2. The predicted molar refractivity (Wildman–Crippen MR) is 125 cm³/mol. The van der Waals surface area contributed by atoms with E-state index in [4.69, 9.17) is 9.26 Å². The van der Waals surface area contributed by atoms with Crippen molar-refractivity contribution in [3.8, 4) is 0 Å². The lowest BCUT2D eigenvalue weighted by atomic mass is 9.83. The van der Waals surface area contributed by atoms with Crippen molar-refractivity contribution in [3.05, 3.63) is 48.0 Å². The Morgan fingerprint density at radius 1 is 1.24 bits per heavy atom. The van der Waals surface area contributed by atoms with Crippen LogP contribution < -0.4 is 0 Å².